The Morgan fingerprint density at radius 2 is 1.19 bits per heavy atom. The fourth-order valence-electron chi connectivity index (χ4n) is 5.26. The Balaban J connectivity index is 2.28. The predicted molar refractivity (Wildman–Crippen MR) is 172 cm³/mol. The first-order valence-corrected chi connectivity index (χ1v) is 17.2. The van der Waals surface area contributed by atoms with Crippen LogP contribution < -0.4 is 4.74 Å². The number of carbonyl (C=O) groups excluding carboxylic acids is 2. The summed E-state index contributed by atoms with van der Waals surface area (Å²) in [5, 5.41) is 10.8. The van der Waals surface area contributed by atoms with Crippen molar-refractivity contribution in [1.82, 2.24) is 0 Å². The second-order valence-electron chi connectivity index (χ2n) is 11.9. The maximum absolute atomic E-state index is 12.4. The van der Waals surface area contributed by atoms with Crippen molar-refractivity contribution in [2.45, 2.75) is 162 Å². The molecule has 43 heavy (non-hydrogen) atoms. The third-order valence-corrected chi connectivity index (χ3v) is 7.96. The van der Waals surface area contributed by atoms with E-state index in [1.54, 1.807) is 0 Å². The largest absolute Gasteiger partial charge is 0.514 e. The van der Waals surface area contributed by atoms with Gasteiger partial charge in [-0.15, -0.1) is 0 Å². The molecule has 8 nitrogen and oxygen atoms in total. The minimum absolute atomic E-state index is 0.0559. The number of rotatable bonds is 27. The van der Waals surface area contributed by atoms with Crippen LogP contribution in [0.4, 0.5) is 10.5 Å². The van der Waals surface area contributed by atoms with Crippen molar-refractivity contribution in [3.63, 3.8) is 0 Å². The first kappa shape index (κ1) is 38.4. The van der Waals surface area contributed by atoms with Gasteiger partial charge in [0.25, 0.3) is 5.69 Å². The molecular formula is C35H59NO7. The zero-order valence-corrected chi connectivity index (χ0v) is 27.3. The van der Waals surface area contributed by atoms with E-state index in [1.165, 1.54) is 62.8 Å². The summed E-state index contributed by atoms with van der Waals surface area (Å²) in [6, 6.07) is 5.40. The van der Waals surface area contributed by atoms with Crippen LogP contribution in [0, 0.1) is 16.0 Å². The number of nitrogens with zero attached hydrogens (tertiary/aromatic N) is 1. The topological polar surface area (TPSA) is 105 Å². The lowest BCUT2D eigenvalue weighted by molar-refractivity contribution is -0.384. The molecule has 1 rings (SSSR count). The van der Waals surface area contributed by atoms with Crippen molar-refractivity contribution in [2.24, 2.45) is 5.92 Å². The SMILES string of the molecule is CCCCCCC(CCCCCCCCC(=O)OCC(CCCCC)CCCCC)OC(=O)Oc1ccc([N+](=O)[O-])cc1. The van der Waals surface area contributed by atoms with Gasteiger partial charge in [-0.3, -0.25) is 14.9 Å². The summed E-state index contributed by atoms with van der Waals surface area (Å²) in [6.07, 6.45) is 21.3. The molecule has 0 spiro atoms. The zero-order chi connectivity index (χ0) is 31.5. The number of nitro groups is 1. The maximum atomic E-state index is 12.4. The highest BCUT2D eigenvalue weighted by molar-refractivity contribution is 5.69. The number of esters is 1. The van der Waals surface area contributed by atoms with Gasteiger partial charge in [0.2, 0.25) is 0 Å². The summed E-state index contributed by atoms with van der Waals surface area (Å²) in [7, 11) is 0. The molecule has 246 valence electrons. The number of non-ortho nitro benzene ring substituents is 1. The van der Waals surface area contributed by atoms with Crippen LogP contribution in [0.5, 0.6) is 5.75 Å². The molecule has 1 aromatic carbocycles. The molecule has 8 heteroatoms. The maximum Gasteiger partial charge on any atom is 0.514 e. The van der Waals surface area contributed by atoms with Gasteiger partial charge < -0.3 is 14.2 Å². The van der Waals surface area contributed by atoms with E-state index in [-0.39, 0.29) is 23.5 Å². The van der Waals surface area contributed by atoms with Gasteiger partial charge in [0.1, 0.15) is 11.9 Å². The van der Waals surface area contributed by atoms with Crippen LogP contribution >= 0.6 is 0 Å². The normalized spacial score (nSPS) is 11.8. The lowest BCUT2D eigenvalue weighted by atomic mass is 9.96. The number of benzene rings is 1. The summed E-state index contributed by atoms with van der Waals surface area (Å²) in [6.45, 7) is 7.19. The van der Waals surface area contributed by atoms with Crippen LogP contribution in [0.15, 0.2) is 24.3 Å². The molecular weight excluding hydrogens is 546 g/mol. The van der Waals surface area contributed by atoms with Crippen molar-refractivity contribution >= 4 is 17.8 Å². The molecule has 1 atom stereocenters. The molecule has 1 unspecified atom stereocenters. The van der Waals surface area contributed by atoms with E-state index in [4.69, 9.17) is 14.2 Å². The summed E-state index contributed by atoms with van der Waals surface area (Å²) in [5.41, 5.74) is -0.0612. The zero-order valence-electron chi connectivity index (χ0n) is 27.3. The van der Waals surface area contributed by atoms with Gasteiger partial charge in [-0.05, 0) is 63.0 Å². The number of nitro benzene ring substituents is 1. The highest BCUT2D eigenvalue weighted by Gasteiger charge is 2.17. The van der Waals surface area contributed by atoms with E-state index in [0.29, 0.717) is 18.9 Å². The molecule has 1 aromatic rings. The Morgan fingerprint density at radius 3 is 1.74 bits per heavy atom. The molecule has 0 bridgehead atoms. The van der Waals surface area contributed by atoms with Crippen LogP contribution in [0.2, 0.25) is 0 Å². The fraction of sp³-hybridized carbons (Fsp3) is 0.771. The molecule has 0 radical (unpaired) electrons. The highest BCUT2D eigenvalue weighted by Crippen LogP contribution is 2.21. The van der Waals surface area contributed by atoms with Crippen molar-refractivity contribution in [1.29, 1.82) is 0 Å². The summed E-state index contributed by atoms with van der Waals surface area (Å²) in [4.78, 5) is 35.0. The average Bonchev–Trinajstić information content (AvgIpc) is 2.99. The van der Waals surface area contributed by atoms with E-state index in [9.17, 15) is 19.7 Å². The number of ether oxygens (including phenoxy) is 3. The second-order valence-corrected chi connectivity index (χ2v) is 11.9. The van der Waals surface area contributed by atoms with E-state index < -0.39 is 11.1 Å². The predicted octanol–water partition coefficient (Wildman–Crippen LogP) is 10.9. The van der Waals surface area contributed by atoms with Crippen LogP contribution in [-0.2, 0) is 14.3 Å². The summed E-state index contributed by atoms with van der Waals surface area (Å²) in [5.74, 6) is 0.674. The van der Waals surface area contributed by atoms with Crippen LogP contribution in [-0.4, -0.2) is 29.8 Å². The summed E-state index contributed by atoms with van der Waals surface area (Å²) < 4.78 is 16.5. The lowest BCUT2D eigenvalue weighted by Crippen LogP contribution is -2.21. The molecule has 0 aliphatic carbocycles. The van der Waals surface area contributed by atoms with E-state index >= 15 is 0 Å². The molecule has 0 heterocycles. The Morgan fingerprint density at radius 1 is 0.698 bits per heavy atom. The van der Waals surface area contributed by atoms with Gasteiger partial charge in [-0.2, -0.15) is 0 Å². The average molecular weight is 606 g/mol. The third-order valence-electron chi connectivity index (χ3n) is 7.96. The van der Waals surface area contributed by atoms with Crippen LogP contribution in [0.1, 0.15) is 156 Å². The van der Waals surface area contributed by atoms with Crippen LogP contribution in [0.3, 0.4) is 0 Å². The minimum atomic E-state index is -0.769. The summed E-state index contributed by atoms with van der Waals surface area (Å²) >= 11 is 0. The van der Waals surface area contributed by atoms with Crippen molar-refractivity contribution < 1.29 is 28.7 Å². The Labute approximate surface area is 260 Å². The van der Waals surface area contributed by atoms with E-state index in [2.05, 4.69) is 20.8 Å². The monoisotopic (exact) mass is 605 g/mol. The lowest BCUT2D eigenvalue weighted by Gasteiger charge is -2.17. The Kier molecular flexibility index (Phi) is 23.1. The number of hydrogen-bond donors (Lipinski definition) is 0. The Bertz CT molecular complexity index is 848. The van der Waals surface area contributed by atoms with Gasteiger partial charge in [-0.25, -0.2) is 4.79 Å². The number of unbranched alkanes of at least 4 members (excludes halogenated alkanes) is 12. The molecule has 0 fully saturated rings. The molecule has 0 aliphatic heterocycles. The first-order valence-electron chi connectivity index (χ1n) is 17.2. The van der Waals surface area contributed by atoms with Gasteiger partial charge in [-0.1, -0.05) is 104 Å². The van der Waals surface area contributed by atoms with Crippen molar-refractivity contribution in [3.05, 3.63) is 34.4 Å². The van der Waals surface area contributed by atoms with Gasteiger partial charge in [0, 0.05) is 18.6 Å². The molecule has 0 N–H and O–H groups in total. The van der Waals surface area contributed by atoms with Crippen LogP contribution in [0.25, 0.3) is 0 Å². The van der Waals surface area contributed by atoms with Gasteiger partial charge >= 0.3 is 12.1 Å². The molecule has 0 aliphatic rings. The van der Waals surface area contributed by atoms with E-state index in [1.807, 2.05) is 0 Å². The smallest absolute Gasteiger partial charge is 0.465 e. The van der Waals surface area contributed by atoms with E-state index in [0.717, 1.165) is 89.9 Å². The third kappa shape index (κ3) is 20.8. The standard InChI is InChI=1S/C35H59NO7/c1-4-7-10-17-22-32(42-35(38)43-33-27-25-31(26-28-33)36(39)40)23-18-13-11-12-14-19-24-34(37)41-29-30(20-15-8-5-2)21-16-9-6-3/h25-28,30,32H,4-24,29H2,1-3H3. The Hall–Kier alpha value is -2.64. The number of hydrogen-bond acceptors (Lipinski definition) is 7. The number of carbonyl (C=O) groups is 2. The van der Waals surface area contributed by atoms with Crippen molar-refractivity contribution in [2.75, 3.05) is 6.61 Å². The fourth-order valence-corrected chi connectivity index (χ4v) is 5.26. The molecule has 0 aromatic heterocycles. The molecule has 0 saturated heterocycles. The second kappa shape index (κ2) is 25.8. The van der Waals surface area contributed by atoms with Gasteiger partial charge in [0.05, 0.1) is 11.5 Å². The van der Waals surface area contributed by atoms with Crippen molar-refractivity contribution in [3.8, 4) is 5.75 Å². The highest BCUT2D eigenvalue weighted by atomic mass is 16.7. The quantitative estimate of drug-likeness (QED) is 0.0323. The molecule has 0 amide bonds. The first-order chi connectivity index (χ1) is 20.9. The van der Waals surface area contributed by atoms with Gasteiger partial charge in [0.15, 0.2) is 0 Å². The molecule has 0 saturated carbocycles. The minimum Gasteiger partial charge on any atom is -0.465 e.